The Morgan fingerprint density at radius 3 is 2.13 bits per heavy atom. The molecule has 5 heteroatoms. The standard InChI is InChI=1S/C10H19F2NO2/c1-7(10(2,3)4)13-9(14)15-8(5-11)6-12/h7-8H,5-6H2,1-4H3,(H,13,14). The second-order valence-electron chi connectivity index (χ2n) is 4.57. The predicted octanol–water partition coefficient (Wildman–Crippen LogP) is 2.45. The zero-order valence-corrected chi connectivity index (χ0v) is 9.64. The molecule has 0 rings (SSSR count). The third-order valence-electron chi connectivity index (χ3n) is 2.25. The van der Waals surface area contributed by atoms with E-state index in [0.29, 0.717) is 0 Å². The van der Waals surface area contributed by atoms with Crippen molar-refractivity contribution in [2.45, 2.75) is 39.8 Å². The number of carbonyl (C=O) groups excluding carboxylic acids is 1. The van der Waals surface area contributed by atoms with Crippen molar-refractivity contribution in [1.82, 2.24) is 5.32 Å². The lowest BCUT2D eigenvalue weighted by Crippen LogP contribution is -2.43. The summed E-state index contributed by atoms with van der Waals surface area (Å²) in [4.78, 5) is 11.2. The number of ether oxygens (including phenoxy) is 1. The Bertz CT molecular complexity index is 200. The van der Waals surface area contributed by atoms with Crippen LogP contribution in [0.5, 0.6) is 0 Å². The van der Waals surface area contributed by atoms with Crippen LogP contribution in [0.25, 0.3) is 0 Å². The van der Waals surface area contributed by atoms with Gasteiger partial charge < -0.3 is 10.1 Å². The van der Waals surface area contributed by atoms with Gasteiger partial charge in [-0.25, -0.2) is 13.6 Å². The maximum atomic E-state index is 12.0. The van der Waals surface area contributed by atoms with Gasteiger partial charge in [0.1, 0.15) is 13.3 Å². The lowest BCUT2D eigenvalue weighted by molar-refractivity contribution is 0.0603. The number of hydrogen-bond donors (Lipinski definition) is 1. The first kappa shape index (κ1) is 14.1. The zero-order valence-electron chi connectivity index (χ0n) is 9.64. The SMILES string of the molecule is CC(NC(=O)OC(CF)CF)C(C)(C)C. The molecule has 1 N–H and O–H groups in total. The third kappa shape index (κ3) is 5.54. The Morgan fingerprint density at radius 2 is 1.80 bits per heavy atom. The van der Waals surface area contributed by atoms with Gasteiger partial charge in [0, 0.05) is 6.04 Å². The van der Waals surface area contributed by atoms with Gasteiger partial charge in [-0.2, -0.15) is 0 Å². The number of rotatable bonds is 4. The Labute approximate surface area is 89.2 Å². The predicted molar refractivity (Wildman–Crippen MR) is 54.3 cm³/mol. The van der Waals surface area contributed by atoms with E-state index in [9.17, 15) is 13.6 Å². The van der Waals surface area contributed by atoms with Gasteiger partial charge in [0.05, 0.1) is 0 Å². The van der Waals surface area contributed by atoms with Gasteiger partial charge in [-0.1, -0.05) is 20.8 Å². The zero-order chi connectivity index (χ0) is 12.1. The van der Waals surface area contributed by atoms with Crippen LogP contribution >= 0.6 is 0 Å². The summed E-state index contributed by atoms with van der Waals surface area (Å²) in [6.07, 6.45) is -2.07. The summed E-state index contributed by atoms with van der Waals surface area (Å²) >= 11 is 0. The molecule has 0 fully saturated rings. The van der Waals surface area contributed by atoms with E-state index in [-0.39, 0.29) is 11.5 Å². The Balaban J connectivity index is 4.04. The van der Waals surface area contributed by atoms with Crippen LogP contribution in [-0.4, -0.2) is 31.6 Å². The average molecular weight is 223 g/mol. The summed E-state index contributed by atoms with van der Waals surface area (Å²) in [5.74, 6) is 0. The van der Waals surface area contributed by atoms with Crippen molar-refractivity contribution in [2.75, 3.05) is 13.3 Å². The number of alkyl halides is 2. The molecule has 0 heterocycles. The highest BCUT2D eigenvalue weighted by Gasteiger charge is 2.23. The van der Waals surface area contributed by atoms with Gasteiger partial charge in [0.2, 0.25) is 0 Å². The molecule has 90 valence electrons. The molecule has 0 radical (unpaired) electrons. The summed E-state index contributed by atoms with van der Waals surface area (Å²) in [6, 6.07) is -0.134. The molecule has 15 heavy (non-hydrogen) atoms. The van der Waals surface area contributed by atoms with Gasteiger partial charge in [0.15, 0.2) is 6.10 Å². The molecular formula is C10H19F2NO2. The van der Waals surface area contributed by atoms with Crippen molar-refractivity contribution in [3.63, 3.8) is 0 Å². The van der Waals surface area contributed by atoms with E-state index in [1.807, 2.05) is 20.8 Å². The lowest BCUT2D eigenvalue weighted by Gasteiger charge is -2.28. The third-order valence-corrected chi connectivity index (χ3v) is 2.25. The van der Waals surface area contributed by atoms with E-state index >= 15 is 0 Å². The lowest BCUT2D eigenvalue weighted by atomic mass is 9.88. The van der Waals surface area contributed by atoms with Gasteiger partial charge in [-0.15, -0.1) is 0 Å². The summed E-state index contributed by atoms with van der Waals surface area (Å²) in [6.45, 7) is 5.63. The van der Waals surface area contributed by atoms with E-state index in [1.165, 1.54) is 0 Å². The minimum atomic E-state index is -1.29. The molecule has 0 aliphatic carbocycles. The van der Waals surface area contributed by atoms with E-state index < -0.39 is 25.5 Å². The first-order chi connectivity index (χ1) is 6.81. The summed E-state index contributed by atoms with van der Waals surface area (Å²) in [5, 5.41) is 2.52. The highest BCUT2D eigenvalue weighted by Crippen LogP contribution is 2.18. The molecule has 0 aliphatic heterocycles. The first-order valence-corrected chi connectivity index (χ1v) is 4.90. The highest BCUT2D eigenvalue weighted by molar-refractivity contribution is 5.67. The molecule has 0 aliphatic rings. The van der Waals surface area contributed by atoms with Crippen LogP contribution in [0.4, 0.5) is 13.6 Å². The Hall–Kier alpha value is -0.870. The maximum Gasteiger partial charge on any atom is 0.407 e. The number of amides is 1. The van der Waals surface area contributed by atoms with Crippen molar-refractivity contribution in [1.29, 1.82) is 0 Å². The van der Waals surface area contributed by atoms with Crippen LogP contribution in [0, 0.1) is 5.41 Å². The quantitative estimate of drug-likeness (QED) is 0.795. The van der Waals surface area contributed by atoms with Crippen molar-refractivity contribution in [2.24, 2.45) is 5.41 Å². The van der Waals surface area contributed by atoms with Crippen LogP contribution in [0.15, 0.2) is 0 Å². The maximum absolute atomic E-state index is 12.0. The average Bonchev–Trinajstić information content (AvgIpc) is 2.12. The second kappa shape index (κ2) is 5.88. The van der Waals surface area contributed by atoms with Crippen LogP contribution in [0.2, 0.25) is 0 Å². The largest absolute Gasteiger partial charge is 0.441 e. The molecule has 0 aromatic heterocycles. The molecule has 0 bridgehead atoms. The summed E-state index contributed by atoms with van der Waals surface area (Å²) in [5.41, 5.74) is -0.125. The molecule has 0 aromatic rings. The molecule has 0 saturated heterocycles. The Morgan fingerprint density at radius 1 is 1.33 bits per heavy atom. The van der Waals surface area contributed by atoms with Crippen molar-refractivity contribution < 1.29 is 18.3 Å². The monoisotopic (exact) mass is 223 g/mol. The molecule has 0 saturated carbocycles. The smallest absolute Gasteiger partial charge is 0.407 e. The molecule has 1 atom stereocenters. The number of alkyl carbamates (subject to hydrolysis) is 1. The van der Waals surface area contributed by atoms with Crippen molar-refractivity contribution in [3.05, 3.63) is 0 Å². The van der Waals surface area contributed by atoms with E-state index in [1.54, 1.807) is 6.92 Å². The van der Waals surface area contributed by atoms with Crippen molar-refractivity contribution >= 4 is 6.09 Å². The fourth-order valence-corrected chi connectivity index (χ4v) is 0.683. The number of nitrogens with one attached hydrogen (secondary N) is 1. The fraction of sp³-hybridized carbons (Fsp3) is 0.900. The number of carbonyl (C=O) groups is 1. The van der Waals surface area contributed by atoms with Gasteiger partial charge >= 0.3 is 6.09 Å². The minimum absolute atomic E-state index is 0.125. The minimum Gasteiger partial charge on any atom is -0.441 e. The number of halogens is 2. The summed E-state index contributed by atoms with van der Waals surface area (Å²) in [7, 11) is 0. The molecule has 1 amide bonds. The number of hydrogen-bond acceptors (Lipinski definition) is 2. The van der Waals surface area contributed by atoms with Gasteiger partial charge in [-0.3, -0.25) is 0 Å². The highest BCUT2D eigenvalue weighted by atomic mass is 19.1. The molecule has 0 aromatic carbocycles. The second-order valence-corrected chi connectivity index (χ2v) is 4.57. The van der Waals surface area contributed by atoms with Crippen LogP contribution in [0.1, 0.15) is 27.7 Å². The van der Waals surface area contributed by atoms with Crippen LogP contribution < -0.4 is 5.32 Å². The van der Waals surface area contributed by atoms with Crippen LogP contribution in [0.3, 0.4) is 0 Å². The topological polar surface area (TPSA) is 38.3 Å². The van der Waals surface area contributed by atoms with Gasteiger partial charge in [-0.05, 0) is 12.3 Å². The van der Waals surface area contributed by atoms with Crippen molar-refractivity contribution in [3.8, 4) is 0 Å². The summed E-state index contributed by atoms with van der Waals surface area (Å²) < 4.78 is 28.6. The van der Waals surface area contributed by atoms with Crippen LogP contribution in [-0.2, 0) is 4.74 Å². The Kier molecular flexibility index (Phi) is 5.54. The van der Waals surface area contributed by atoms with E-state index in [2.05, 4.69) is 10.1 Å². The molecule has 1 unspecified atom stereocenters. The van der Waals surface area contributed by atoms with Gasteiger partial charge in [0.25, 0.3) is 0 Å². The molecular weight excluding hydrogens is 204 g/mol. The molecule has 3 nitrogen and oxygen atoms in total. The molecule has 0 spiro atoms. The van der Waals surface area contributed by atoms with E-state index in [4.69, 9.17) is 0 Å². The fourth-order valence-electron chi connectivity index (χ4n) is 0.683. The van der Waals surface area contributed by atoms with E-state index in [0.717, 1.165) is 0 Å². The normalized spacial score (nSPS) is 13.8. The first-order valence-electron chi connectivity index (χ1n) is 4.90.